The molecule has 1 aromatic rings. The van der Waals surface area contributed by atoms with E-state index < -0.39 is 23.3 Å². The third-order valence-electron chi connectivity index (χ3n) is 4.80. The smallest absolute Gasteiger partial charge is 0.392 e. The van der Waals surface area contributed by atoms with Gasteiger partial charge in [0.2, 0.25) is 0 Å². The molecule has 2 rings (SSSR count). The van der Waals surface area contributed by atoms with Crippen LogP contribution in [0.2, 0.25) is 0 Å². The highest BCUT2D eigenvalue weighted by Crippen LogP contribution is 2.50. The molecule has 21 heavy (non-hydrogen) atoms. The van der Waals surface area contributed by atoms with Crippen molar-refractivity contribution in [1.29, 1.82) is 0 Å². The predicted molar refractivity (Wildman–Crippen MR) is 75.7 cm³/mol. The van der Waals surface area contributed by atoms with Gasteiger partial charge in [-0.3, -0.25) is 0 Å². The highest BCUT2D eigenvalue weighted by molar-refractivity contribution is 5.27. The summed E-state index contributed by atoms with van der Waals surface area (Å²) in [5.74, 6) is 0. The summed E-state index contributed by atoms with van der Waals surface area (Å²) in [6.45, 7) is 4.22. The number of halogens is 3. The summed E-state index contributed by atoms with van der Waals surface area (Å²) in [5, 5.41) is 10.6. The first kappa shape index (κ1) is 16.3. The molecule has 2 nitrogen and oxygen atoms in total. The van der Waals surface area contributed by atoms with Gasteiger partial charge in [0.25, 0.3) is 0 Å². The van der Waals surface area contributed by atoms with Gasteiger partial charge in [0.15, 0.2) is 0 Å². The van der Waals surface area contributed by atoms with Gasteiger partial charge in [-0.1, -0.05) is 32.0 Å². The Labute approximate surface area is 123 Å². The summed E-state index contributed by atoms with van der Waals surface area (Å²) in [6, 6.07) is 5.31. The first-order valence-electron chi connectivity index (χ1n) is 7.15. The second kappa shape index (κ2) is 5.29. The Hall–Kier alpha value is -1.07. The Morgan fingerprint density at radius 3 is 2.43 bits per heavy atom. The van der Waals surface area contributed by atoms with Gasteiger partial charge in [-0.15, -0.1) is 0 Å². The molecule has 1 fully saturated rings. The quantitative estimate of drug-likeness (QED) is 0.899. The first-order chi connectivity index (χ1) is 9.61. The molecule has 0 radical (unpaired) electrons. The van der Waals surface area contributed by atoms with Crippen LogP contribution in [0, 0.1) is 10.8 Å². The number of alkyl halides is 3. The van der Waals surface area contributed by atoms with Crippen molar-refractivity contribution >= 4 is 0 Å². The normalized spacial score (nSPS) is 28.8. The zero-order valence-electron chi connectivity index (χ0n) is 12.4. The van der Waals surface area contributed by atoms with Crippen LogP contribution in [0.1, 0.15) is 37.8 Å². The van der Waals surface area contributed by atoms with Crippen molar-refractivity contribution in [3.05, 3.63) is 35.4 Å². The van der Waals surface area contributed by atoms with Crippen molar-refractivity contribution in [2.75, 3.05) is 6.54 Å². The number of nitrogens with two attached hydrogens (primary N) is 1. The molecule has 118 valence electrons. The van der Waals surface area contributed by atoms with Crippen LogP contribution in [-0.2, 0) is 12.6 Å². The van der Waals surface area contributed by atoms with Gasteiger partial charge in [-0.05, 0) is 36.3 Å². The van der Waals surface area contributed by atoms with Gasteiger partial charge < -0.3 is 10.8 Å². The van der Waals surface area contributed by atoms with E-state index >= 15 is 0 Å². The average molecular weight is 301 g/mol. The molecular formula is C16H22F3NO. The van der Waals surface area contributed by atoms with Gasteiger partial charge in [0.1, 0.15) is 0 Å². The Morgan fingerprint density at radius 1 is 1.29 bits per heavy atom. The molecule has 5 heteroatoms. The first-order valence-corrected chi connectivity index (χ1v) is 7.15. The monoisotopic (exact) mass is 301 g/mol. The van der Waals surface area contributed by atoms with E-state index in [0.29, 0.717) is 12.0 Å². The Kier molecular flexibility index (Phi) is 4.10. The molecule has 1 saturated carbocycles. The van der Waals surface area contributed by atoms with E-state index in [1.54, 1.807) is 6.07 Å². The molecule has 0 spiro atoms. The fourth-order valence-corrected chi connectivity index (χ4v) is 3.41. The van der Waals surface area contributed by atoms with E-state index in [9.17, 15) is 18.3 Å². The van der Waals surface area contributed by atoms with Crippen LogP contribution in [0.4, 0.5) is 13.2 Å². The lowest BCUT2D eigenvalue weighted by molar-refractivity contribution is -0.137. The molecule has 1 aliphatic rings. The van der Waals surface area contributed by atoms with Crippen molar-refractivity contribution in [1.82, 2.24) is 0 Å². The van der Waals surface area contributed by atoms with E-state index in [1.165, 1.54) is 6.07 Å². The molecule has 2 unspecified atom stereocenters. The summed E-state index contributed by atoms with van der Waals surface area (Å²) in [4.78, 5) is 0. The highest BCUT2D eigenvalue weighted by atomic mass is 19.4. The highest BCUT2D eigenvalue weighted by Gasteiger charge is 2.50. The minimum atomic E-state index is -4.35. The molecule has 0 saturated heterocycles. The minimum Gasteiger partial charge on any atom is -0.392 e. The molecule has 0 heterocycles. The Morgan fingerprint density at radius 2 is 1.95 bits per heavy atom. The maximum atomic E-state index is 12.8. The zero-order valence-corrected chi connectivity index (χ0v) is 12.4. The predicted octanol–water partition coefficient (Wildman–Crippen LogP) is 3.37. The fraction of sp³-hybridized carbons (Fsp3) is 0.625. The Bertz CT molecular complexity index is 512. The third kappa shape index (κ3) is 3.09. The van der Waals surface area contributed by atoms with Crippen LogP contribution < -0.4 is 5.73 Å². The Balaban J connectivity index is 2.28. The fourth-order valence-electron chi connectivity index (χ4n) is 3.41. The van der Waals surface area contributed by atoms with E-state index in [2.05, 4.69) is 0 Å². The number of hydrogen-bond donors (Lipinski definition) is 2. The number of aliphatic hydroxyl groups is 1. The second-order valence-corrected chi connectivity index (χ2v) is 6.83. The van der Waals surface area contributed by atoms with Crippen molar-refractivity contribution in [3.63, 3.8) is 0 Å². The lowest BCUT2D eigenvalue weighted by Crippen LogP contribution is -2.44. The molecular weight excluding hydrogens is 279 g/mol. The lowest BCUT2D eigenvalue weighted by Gasteiger charge is -2.36. The van der Waals surface area contributed by atoms with Gasteiger partial charge in [0.05, 0.1) is 11.7 Å². The van der Waals surface area contributed by atoms with Crippen LogP contribution in [0.25, 0.3) is 0 Å². The standard InChI is InChI=1S/C16H22F3NO/c1-14(2)6-7-15(10-20,13(14)21)9-11-4-3-5-12(8-11)16(17,18)19/h3-5,8,13,21H,6-7,9-10,20H2,1-2H3. The van der Waals surface area contributed by atoms with Crippen molar-refractivity contribution in [2.45, 2.75) is 45.4 Å². The molecule has 0 bridgehead atoms. The summed E-state index contributed by atoms with van der Waals surface area (Å²) in [7, 11) is 0. The second-order valence-electron chi connectivity index (χ2n) is 6.83. The topological polar surface area (TPSA) is 46.2 Å². The van der Waals surface area contributed by atoms with Crippen LogP contribution in [-0.4, -0.2) is 17.8 Å². The zero-order chi connectivity index (χ0) is 15.9. The maximum Gasteiger partial charge on any atom is 0.416 e. The van der Waals surface area contributed by atoms with E-state index in [1.807, 2.05) is 13.8 Å². The van der Waals surface area contributed by atoms with Crippen molar-refractivity contribution in [2.24, 2.45) is 16.6 Å². The van der Waals surface area contributed by atoms with Gasteiger partial charge in [-0.25, -0.2) is 0 Å². The van der Waals surface area contributed by atoms with Crippen LogP contribution in [0.15, 0.2) is 24.3 Å². The van der Waals surface area contributed by atoms with Crippen LogP contribution in [0.3, 0.4) is 0 Å². The van der Waals surface area contributed by atoms with Crippen molar-refractivity contribution in [3.8, 4) is 0 Å². The molecule has 1 aliphatic carbocycles. The number of hydrogen-bond acceptors (Lipinski definition) is 2. The number of benzene rings is 1. The summed E-state index contributed by atoms with van der Waals surface area (Å²) >= 11 is 0. The number of rotatable bonds is 3. The maximum absolute atomic E-state index is 12.8. The molecule has 0 aliphatic heterocycles. The van der Waals surface area contributed by atoms with E-state index in [0.717, 1.165) is 25.0 Å². The van der Waals surface area contributed by atoms with Crippen LogP contribution in [0.5, 0.6) is 0 Å². The summed E-state index contributed by atoms with van der Waals surface area (Å²) < 4.78 is 38.4. The molecule has 0 aromatic heterocycles. The van der Waals surface area contributed by atoms with Gasteiger partial charge in [-0.2, -0.15) is 13.2 Å². The van der Waals surface area contributed by atoms with Crippen molar-refractivity contribution < 1.29 is 18.3 Å². The largest absolute Gasteiger partial charge is 0.416 e. The summed E-state index contributed by atoms with van der Waals surface area (Å²) in [5.41, 5.74) is 5.01. The third-order valence-corrected chi connectivity index (χ3v) is 4.80. The SMILES string of the molecule is CC1(C)CCC(CN)(Cc2cccc(C(F)(F)F)c2)C1O. The van der Waals surface area contributed by atoms with E-state index in [-0.39, 0.29) is 12.0 Å². The average Bonchev–Trinajstić information content (AvgIpc) is 2.63. The lowest BCUT2D eigenvalue weighted by atomic mass is 9.74. The molecule has 0 amide bonds. The van der Waals surface area contributed by atoms with Crippen LogP contribution >= 0.6 is 0 Å². The minimum absolute atomic E-state index is 0.249. The number of aliphatic hydroxyl groups excluding tert-OH is 1. The van der Waals surface area contributed by atoms with E-state index in [4.69, 9.17) is 5.73 Å². The molecule has 3 N–H and O–H groups in total. The van der Waals surface area contributed by atoms with Gasteiger partial charge >= 0.3 is 6.18 Å². The summed E-state index contributed by atoms with van der Waals surface area (Å²) in [6.07, 6.45) is -3.03. The molecule has 2 atom stereocenters. The molecule has 1 aromatic carbocycles. The van der Waals surface area contributed by atoms with Gasteiger partial charge in [0, 0.05) is 12.0 Å².